The maximum absolute atomic E-state index is 11.7. The average Bonchev–Trinajstić information content (AvgIpc) is 2.54. The Morgan fingerprint density at radius 1 is 0.800 bits per heavy atom. The van der Waals surface area contributed by atoms with E-state index in [1.54, 1.807) is 6.07 Å². The molecule has 1 aliphatic carbocycles. The minimum Gasteiger partial charge on any atom is -0.480 e. The van der Waals surface area contributed by atoms with Gasteiger partial charge in [-0.25, -0.2) is 9.59 Å². The molecule has 0 aromatic heterocycles. The van der Waals surface area contributed by atoms with Crippen molar-refractivity contribution in [1.82, 2.24) is 0 Å². The fourth-order valence-electron chi connectivity index (χ4n) is 2.75. The molecule has 9 heteroatoms. The number of allylic oxidation sites excluding steroid dienone is 2. The lowest BCUT2D eigenvalue weighted by molar-refractivity contribution is -0.188. The molecule has 2 rings (SSSR count). The fraction of sp³-hybridized carbons (Fsp3) is 0.125. The number of aliphatic hydroxyl groups is 1. The molecular weight excluding hydrogens is 336 g/mol. The third-order valence-electron chi connectivity index (χ3n) is 3.98. The van der Waals surface area contributed by atoms with E-state index in [-0.39, 0.29) is 11.1 Å². The van der Waals surface area contributed by atoms with Gasteiger partial charge in [0.1, 0.15) is 0 Å². The number of hydrogen-bond donors (Lipinski definition) is 5. The summed E-state index contributed by atoms with van der Waals surface area (Å²) in [5.74, 6) is -8.70. The van der Waals surface area contributed by atoms with Crippen molar-refractivity contribution in [2.24, 2.45) is 5.41 Å². The zero-order valence-corrected chi connectivity index (χ0v) is 12.4. The first kappa shape index (κ1) is 17.9. The second-order valence-corrected chi connectivity index (χ2v) is 5.23. The smallest absolute Gasteiger partial charge is 0.342 e. The summed E-state index contributed by atoms with van der Waals surface area (Å²) in [5, 5.41) is 48.1. The lowest BCUT2D eigenvalue weighted by Crippen LogP contribution is -2.64. The molecule has 5 N–H and O–H groups in total. The number of carboxylic acids is 4. The molecule has 0 bridgehead atoms. The van der Waals surface area contributed by atoms with Crippen molar-refractivity contribution in [1.29, 1.82) is 0 Å². The minimum absolute atomic E-state index is 0.167. The number of rotatable bonds is 5. The molecule has 0 saturated heterocycles. The van der Waals surface area contributed by atoms with Crippen LogP contribution in [0.4, 0.5) is 0 Å². The number of hydrogen-bond acceptors (Lipinski definition) is 5. The maximum Gasteiger partial charge on any atom is 0.342 e. The first-order valence-electron chi connectivity index (χ1n) is 6.76. The third kappa shape index (κ3) is 2.29. The molecule has 0 radical (unpaired) electrons. The van der Waals surface area contributed by atoms with Gasteiger partial charge in [0.25, 0.3) is 0 Å². The first-order chi connectivity index (χ1) is 11.6. The Morgan fingerprint density at radius 2 is 1.32 bits per heavy atom. The van der Waals surface area contributed by atoms with Crippen LogP contribution in [0.1, 0.15) is 5.56 Å². The Bertz CT molecular complexity index is 820. The van der Waals surface area contributed by atoms with E-state index in [1.807, 2.05) is 0 Å². The highest BCUT2D eigenvalue weighted by Crippen LogP contribution is 2.47. The highest BCUT2D eigenvalue weighted by molar-refractivity contribution is 6.17. The van der Waals surface area contributed by atoms with Gasteiger partial charge < -0.3 is 25.5 Å². The molecule has 130 valence electrons. The predicted octanol–water partition coefficient (Wildman–Crippen LogP) is 0.0659. The highest BCUT2D eigenvalue weighted by Gasteiger charge is 2.70. The lowest BCUT2D eigenvalue weighted by atomic mass is 9.63. The van der Waals surface area contributed by atoms with Gasteiger partial charge in [-0.1, -0.05) is 42.5 Å². The van der Waals surface area contributed by atoms with Crippen molar-refractivity contribution in [3.8, 4) is 0 Å². The summed E-state index contributed by atoms with van der Waals surface area (Å²) < 4.78 is 0. The molecule has 0 heterocycles. The number of aliphatic carboxylic acids is 4. The summed E-state index contributed by atoms with van der Waals surface area (Å²) >= 11 is 0. The summed E-state index contributed by atoms with van der Waals surface area (Å²) in [7, 11) is 0. The van der Waals surface area contributed by atoms with Gasteiger partial charge in [-0.3, -0.25) is 9.59 Å². The second kappa shape index (κ2) is 5.87. The second-order valence-electron chi connectivity index (χ2n) is 5.23. The number of benzene rings is 1. The molecule has 1 aromatic carbocycles. The van der Waals surface area contributed by atoms with Crippen LogP contribution in [-0.4, -0.2) is 55.0 Å². The Balaban J connectivity index is 2.96. The molecule has 0 amide bonds. The average molecular weight is 348 g/mol. The van der Waals surface area contributed by atoms with Crippen molar-refractivity contribution in [2.45, 2.75) is 5.60 Å². The Labute approximate surface area is 139 Å². The summed E-state index contributed by atoms with van der Waals surface area (Å²) in [5.41, 5.74) is -8.55. The lowest BCUT2D eigenvalue weighted by Gasteiger charge is -2.39. The van der Waals surface area contributed by atoms with E-state index in [2.05, 4.69) is 0 Å². The van der Waals surface area contributed by atoms with Crippen LogP contribution in [0.2, 0.25) is 0 Å². The molecular formula is C16H12O9. The number of carboxylic acid groups (broad SMARTS) is 4. The fourth-order valence-corrected chi connectivity index (χ4v) is 2.75. The predicted molar refractivity (Wildman–Crippen MR) is 80.4 cm³/mol. The van der Waals surface area contributed by atoms with Crippen molar-refractivity contribution in [3.63, 3.8) is 0 Å². The Kier molecular flexibility index (Phi) is 4.20. The van der Waals surface area contributed by atoms with Crippen LogP contribution in [0.3, 0.4) is 0 Å². The molecule has 9 nitrogen and oxygen atoms in total. The van der Waals surface area contributed by atoms with Crippen molar-refractivity contribution >= 4 is 29.5 Å². The van der Waals surface area contributed by atoms with Crippen LogP contribution in [-0.2, 0) is 19.2 Å². The molecule has 0 spiro atoms. The van der Waals surface area contributed by atoms with Gasteiger partial charge in [0.2, 0.25) is 11.0 Å². The normalized spacial score (nSPS) is 21.6. The van der Waals surface area contributed by atoms with Gasteiger partial charge >= 0.3 is 23.9 Å². The summed E-state index contributed by atoms with van der Waals surface area (Å²) in [6, 6.07) is 7.41. The van der Waals surface area contributed by atoms with E-state index in [4.69, 9.17) is 0 Å². The van der Waals surface area contributed by atoms with Crippen molar-refractivity contribution < 1.29 is 44.7 Å². The molecule has 25 heavy (non-hydrogen) atoms. The molecule has 0 aliphatic heterocycles. The summed E-state index contributed by atoms with van der Waals surface area (Å²) in [6.07, 6.45) is 1.35. The van der Waals surface area contributed by atoms with Crippen molar-refractivity contribution in [2.75, 3.05) is 0 Å². The Morgan fingerprint density at radius 3 is 1.72 bits per heavy atom. The van der Waals surface area contributed by atoms with E-state index in [9.17, 15) is 44.7 Å². The molecule has 1 unspecified atom stereocenters. The molecule has 1 aromatic rings. The van der Waals surface area contributed by atoms with Gasteiger partial charge in [0.05, 0.1) is 5.57 Å². The summed E-state index contributed by atoms with van der Waals surface area (Å²) in [4.78, 5) is 46.5. The topological polar surface area (TPSA) is 169 Å². The standard InChI is InChI=1S/C16H12O9/c17-11(18)10-9(8-4-2-1-3-5-8)6-7-15(12(19)20,13(21)22)16(10,25)14(23)24/h1-7,25H,(H,17,18)(H,19,20)(H,21,22)(H,23,24). The van der Waals surface area contributed by atoms with Crippen LogP contribution in [0, 0.1) is 5.41 Å². The zero-order chi connectivity index (χ0) is 19.0. The van der Waals surface area contributed by atoms with E-state index in [1.165, 1.54) is 24.3 Å². The van der Waals surface area contributed by atoms with Crippen LogP contribution in [0.5, 0.6) is 0 Å². The van der Waals surface area contributed by atoms with Gasteiger partial charge in [0, 0.05) is 0 Å². The quantitative estimate of drug-likeness (QED) is 0.462. The van der Waals surface area contributed by atoms with Crippen LogP contribution in [0.25, 0.3) is 5.57 Å². The van der Waals surface area contributed by atoms with E-state index in [0.717, 1.165) is 6.08 Å². The zero-order valence-electron chi connectivity index (χ0n) is 12.4. The van der Waals surface area contributed by atoms with E-state index >= 15 is 0 Å². The SMILES string of the molecule is O=C(O)C1=C(c2ccccc2)C=CC(C(=O)O)(C(=O)O)C1(O)C(=O)O. The van der Waals surface area contributed by atoms with Crippen LogP contribution < -0.4 is 0 Å². The summed E-state index contributed by atoms with van der Waals surface area (Å²) in [6.45, 7) is 0. The maximum atomic E-state index is 11.7. The van der Waals surface area contributed by atoms with Gasteiger partial charge in [-0.05, 0) is 11.1 Å². The van der Waals surface area contributed by atoms with Gasteiger partial charge in [-0.15, -0.1) is 0 Å². The largest absolute Gasteiger partial charge is 0.480 e. The van der Waals surface area contributed by atoms with Crippen LogP contribution in [0.15, 0.2) is 48.1 Å². The number of carbonyl (C=O) groups is 4. The third-order valence-corrected chi connectivity index (χ3v) is 3.98. The van der Waals surface area contributed by atoms with Crippen LogP contribution >= 0.6 is 0 Å². The molecule has 0 fully saturated rings. The van der Waals surface area contributed by atoms with Gasteiger partial charge in [-0.2, -0.15) is 0 Å². The van der Waals surface area contributed by atoms with E-state index in [0.29, 0.717) is 6.08 Å². The van der Waals surface area contributed by atoms with Gasteiger partial charge in [0.15, 0.2) is 0 Å². The highest BCUT2D eigenvalue weighted by atomic mass is 16.4. The molecule has 0 saturated carbocycles. The first-order valence-corrected chi connectivity index (χ1v) is 6.76. The van der Waals surface area contributed by atoms with Crippen molar-refractivity contribution in [3.05, 3.63) is 53.6 Å². The molecule has 1 atom stereocenters. The Hall–Kier alpha value is -3.46. The molecule has 1 aliphatic rings. The monoisotopic (exact) mass is 348 g/mol. The van der Waals surface area contributed by atoms with E-state index < -0.39 is 40.5 Å². The minimum atomic E-state index is -3.74.